The maximum absolute atomic E-state index is 5.83. The van der Waals surface area contributed by atoms with E-state index >= 15 is 0 Å². The molecule has 0 unspecified atom stereocenters. The van der Waals surface area contributed by atoms with Crippen molar-refractivity contribution in [2.45, 2.75) is 19.9 Å². The topological polar surface area (TPSA) is 87.8 Å². The first-order valence-electron chi connectivity index (χ1n) is 8.66. The second-order valence-electron chi connectivity index (χ2n) is 6.20. The number of ether oxygens (including phenoxy) is 1. The molecule has 26 heavy (non-hydrogen) atoms. The van der Waals surface area contributed by atoms with Crippen LogP contribution in [0.15, 0.2) is 24.7 Å². The summed E-state index contributed by atoms with van der Waals surface area (Å²) < 4.78 is 5.83. The number of nitrogens with one attached hydrogen (secondary N) is 3. The zero-order chi connectivity index (χ0) is 17.5. The molecular formula is C18H18N6OS. The Bertz CT molecular complexity index is 1100. The summed E-state index contributed by atoms with van der Waals surface area (Å²) in [6.07, 6.45) is 4.43. The van der Waals surface area contributed by atoms with Gasteiger partial charge in [-0.15, -0.1) is 11.3 Å². The molecule has 8 heteroatoms. The molecule has 0 radical (unpaired) electrons. The van der Waals surface area contributed by atoms with Gasteiger partial charge in [0.25, 0.3) is 0 Å². The first-order chi connectivity index (χ1) is 12.8. The van der Waals surface area contributed by atoms with Crippen LogP contribution >= 0.6 is 11.3 Å². The van der Waals surface area contributed by atoms with Crippen LogP contribution in [-0.2, 0) is 13.0 Å². The molecule has 1 aliphatic heterocycles. The second kappa shape index (κ2) is 6.22. The normalized spacial score (nSPS) is 13.9. The molecule has 0 aliphatic carbocycles. The number of hydrogen-bond donors (Lipinski definition) is 3. The summed E-state index contributed by atoms with van der Waals surface area (Å²) >= 11 is 1.74. The van der Waals surface area contributed by atoms with Crippen LogP contribution in [-0.4, -0.2) is 33.3 Å². The second-order valence-corrected chi connectivity index (χ2v) is 7.28. The summed E-state index contributed by atoms with van der Waals surface area (Å²) in [5.74, 6) is 1.61. The average molecular weight is 366 g/mol. The molecule has 0 saturated carbocycles. The Hall–Kier alpha value is -2.71. The number of fused-ring (bicyclic) bond motifs is 4. The third-order valence-corrected chi connectivity index (χ3v) is 5.74. The van der Waals surface area contributed by atoms with Crippen molar-refractivity contribution in [3.05, 3.63) is 35.1 Å². The molecule has 3 N–H and O–H groups in total. The first-order valence-corrected chi connectivity index (χ1v) is 9.48. The van der Waals surface area contributed by atoms with Crippen LogP contribution in [0.4, 0.5) is 11.5 Å². The number of rotatable bonds is 4. The lowest BCUT2D eigenvalue weighted by atomic mass is 10.1. The Labute approximate surface area is 153 Å². The van der Waals surface area contributed by atoms with E-state index in [1.54, 1.807) is 17.7 Å². The highest BCUT2D eigenvalue weighted by Gasteiger charge is 2.20. The Kier molecular flexibility index (Phi) is 3.72. The summed E-state index contributed by atoms with van der Waals surface area (Å²) in [7, 11) is 0. The van der Waals surface area contributed by atoms with E-state index in [4.69, 9.17) is 4.74 Å². The molecule has 3 aromatic heterocycles. The van der Waals surface area contributed by atoms with E-state index in [2.05, 4.69) is 30.8 Å². The minimum absolute atomic E-state index is 0.590. The lowest BCUT2D eigenvalue weighted by Gasteiger charge is -2.15. The van der Waals surface area contributed by atoms with Gasteiger partial charge in [0.05, 0.1) is 29.4 Å². The van der Waals surface area contributed by atoms with Gasteiger partial charge in [-0.3, -0.25) is 5.10 Å². The fourth-order valence-corrected chi connectivity index (χ4v) is 4.58. The molecule has 0 amide bonds. The summed E-state index contributed by atoms with van der Waals surface area (Å²) in [5.41, 5.74) is 3.19. The third-order valence-electron chi connectivity index (χ3n) is 4.60. The van der Waals surface area contributed by atoms with Crippen LogP contribution in [0, 0.1) is 0 Å². The Balaban J connectivity index is 1.64. The molecule has 0 fully saturated rings. The van der Waals surface area contributed by atoms with Crippen LogP contribution in [0.2, 0.25) is 0 Å². The standard InChI is InChI=1S/C18H18N6OS/c1-2-25-14-6-12-10(7-22-24-12)5-13(14)23-17-16-11-3-4-19-8-15(11)26-18(16)21-9-20-17/h5-7,9,19H,2-4,8H2,1H3,(H,22,24)(H,20,21,23). The van der Waals surface area contributed by atoms with E-state index in [-0.39, 0.29) is 0 Å². The van der Waals surface area contributed by atoms with Gasteiger partial charge in [-0.05, 0) is 31.5 Å². The fourth-order valence-electron chi connectivity index (χ4n) is 3.43. The van der Waals surface area contributed by atoms with Gasteiger partial charge in [-0.1, -0.05) is 0 Å². The van der Waals surface area contributed by atoms with E-state index in [0.29, 0.717) is 6.61 Å². The number of H-pyrrole nitrogens is 1. The molecule has 7 nitrogen and oxygen atoms in total. The summed E-state index contributed by atoms with van der Waals surface area (Å²) in [6, 6.07) is 4.01. The zero-order valence-corrected chi connectivity index (χ0v) is 15.1. The molecule has 0 saturated heterocycles. The summed E-state index contributed by atoms with van der Waals surface area (Å²) in [4.78, 5) is 11.4. The number of hydrogen-bond acceptors (Lipinski definition) is 7. The number of aromatic nitrogens is 4. The molecule has 4 aromatic rings. The lowest BCUT2D eigenvalue weighted by molar-refractivity contribution is 0.342. The number of thiophene rings is 1. The maximum Gasteiger partial charge on any atom is 0.144 e. The predicted molar refractivity (Wildman–Crippen MR) is 103 cm³/mol. The number of anilines is 2. The minimum atomic E-state index is 0.590. The monoisotopic (exact) mass is 366 g/mol. The molecule has 5 rings (SSSR count). The van der Waals surface area contributed by atoms with Crippen molar-refractivity contribution in [1.82, 2.24) is 25.5 Å². The van der Waals surface area contributed by atoms with E-state index in [9.17, 15) is 0 Å². The molecule has 1 aromatic carbocycles. The molecule has 0 bridgehead atoms. The van der Waals surface area contributed by atoms with E-state index in [0.717, 1.165) is 57.9 Å². The van der Waals surface area contributed by atoms with Crippen LogP contribution in [0.5, 0.6) is 5.75 Å². The third kappa shape index (κ3) is 2.49. The Morgan fingerprint density at radius 1 is 1.31 bits per heavy atom. The summed E-state index contributed by atoms with van der Waals surface area (Å²) in [5, 5.41) is 16.2. The van der Waals surface area contributed by atoms with Gasteiger partial charge < -0.3 is 15.4 Å². The highest BCUT2D eigenvalue weighted by Crippen LogP contribution is 2.38. The quantitative estimate of drug-likeness (QED) is 0.513. The average Bonchev–Trinajstić information content (AvgIpc) is 3.26. The van der Waals surface area contributed by atoms with E-state index in [1.807, 2.05) is 25.3 Å². The van der Waals surface area contributed by atoms with Crippen LogP contribution in [0.1, 0.15) is 17.4 Å². The van der Waals surface area contributed by atoms with Crippen molar-refractivity contribution in [3.8, 4) is 5.75 Å². The fraction of sp³-hybridized carbons (Fsp3) is 0.278. The van der Waals surface area contributed by atoms with Crippen molar-refractivity contribution in [2.24, 2.45) is 0 Å². The molecular weight excluding hydrogens is 348 g/mol. The van der Waals surface area contributed by atoms with E-state index < -0.39 is 0 Å². The van der Waals surface area contributed by atoms with E-state index in [1.165, 1.54) is 10.4 Å². The van der Waals surface area contributed by atoms with Gasteiger partial charge in [-0.2, -0.15) is 5.10 Å². The predicted octanol–water partition coefficient (Wildman–Crippen LogP) is 3.36. The largest absolute Gasteiger partial charge is 0.492 e. The molecule has 0 spiro atoms. The van der Waals surface area contributed by atoms with Gasteiger partial charge in [0.1, 0.15) is 22.7 Å². The Morgan fingerprint density at radius 2 is 2.27 bits per heavy atom. The van der Waals surface area contributed by atoms with Crippen molar-refractivity contribution in [1.29, 1.82) is 0 Å². The Morgan fingerprint density at radius 3 is 3.19 bits per heavy atom. The van der Waals surface area contributed by atoms with Crippen molar-refractivity contribution < 1.29 is 4.74 Å². The van der Waals surface area contributed by atoms with Crippen molar-refractivity contribution in [3.63, 3.8) is 0 Å². The molecule has 1 aliphatic rings. The molecule has 0 atom stereocenters. The summed E-state index contributed by atoms with van der Waals surface area (Å²) in [6.45, 7) is 4.46. The van der Waals surface area contributed by atoms with Crippen molar-refractivity contribution in [2.75, 3.05) is 18.5 Å². The smallest absolute Gasteiger partial charge is 0.144 e. The highest BCUT2D eigenvalue weighted by molar-refractivity contribution is 7.19. The molecule has 132 valence electrons. The lowest BCUT2D eigenvalue weighted by Crippen LogP contribution is -2.22. The van der Waals surface area contributed by atoms with Gasteiger partial charge in [-0.25, -0.2) is 9.97 Å². The maximum atomic E-state index is 5.83. The van der Waals surface area contributed by atoms with Gasteiger partial charge in [0.15, 0.2) is 0 Å². The molecule has 4 heterocycles. The number of nitrogens with zero attached hydrogens (tertiary/aromatic N) is 3. The van der Waals surface area contributed by atoms with Crippen LogP contribution in [0.25, 0.3) is 21.1 Å². The zero-order valence-electron chi connectivity index (χ0n) is 14.3. The van der Waals surface area contributed by atoms with Gasteiger partial charge in [0, 0.05) is 22.9 Å². The highest BCUT2D eigenvalue weighted by atomic mass is 32.1. The number of aromatic amines is 1. The van der Waals surface area contributed by atoms with Gasteiger partial charge in [0.2, 0.25) is 0 Å². The minimum Gasteiger partial charge on any atom is -0.492 e. The first kappa shape index (κ1) is 15.5. The van der Waals surface area contributed by atoms with Crippen LogP contribution < -0.4 is 15.4 Å². The van der Waals surface area contributed by atoms with Gasteiger partial charge >= 0.3 is 0 Å². The van der Waals surface area contributed by atoms with Crippen LogP contribution in [0.3, 0.4) is 0 Å². The van der Waals surface area contributed by atoms with Crippen molar-refractivity contribution >= 4 is 44.0 Å². The number of benzene rings is 1. The SMILES string of the molecule is CCOc1cc2[nH]ncc2cc1Nc1ncnc2sc3c(c12)CCNC3.